The molecule has 0 aliphatic carbocycles. The van der Waals surface area contributed by atoms with Crippen molar-refractivity contribution in [3.05, 3.63) is 77.9 Å². The van der Waals surface area contributed by atoms with Gasteiger partial charge in [-0.25, -0.2) is 4.98 Å². The third kappa shape index (κ3) is 7.29. The number of unbranched alkanes of at least 4 members (excludes halogenated alkanes) is 7. The van der Waals surface area contributed by atoms with Crippen LogP contribution in [-0.2, 0) is 12.8 Å². The lowest BCUT2D eigenvalue weighted by Gasteiger charge is -2.08. The van der Waals surface area contributed by atoms with Gasteiger partial charge in [0, 0.05) is 11.3 Å². The van der Waals surface area contributed by atoms with E-state index in [1.807, 2.05) is 24.3 Å². The zero-order valence-corrected chi connectivity index (χ0v) is 19.9. The first kappa shape index (κ1) is 24.2. The Morgan fingerprint density at radius 1 is 0.562 bits per heavy atom. The van der Waals surface area contributed by atoms with E-state index >= 15 is 0 Å². The van der Waals surface area contributed by atoms with Gasteiger partial charge < -0.3 is 0 Å². The maximum Gasteiger partial charge on any atom is 0.220 e. The molecule has 3 rings (SSSR count). The van der Waals surface area contributed by atoms with E-state index in [4.69, 9.17) is 0 Å². The highest BCUT2D eigenvalue weighted by molar-refractivity contribution is 5.70. The second kappa shape index (κ2) is 13.2. The Labute approximate surface area is 194 Å². The monoisotopic (exact) mass is 431 g/mol. The molecule has 1 aromatic heterocycles. The van der Waals surface area contributed by atoms with Crippen LogP contribution in [0.15, 0.2) is 60.7 Å². The SMILES string of the molecule is CCCCCCCCc1ccc(-c2ccc(-c3ccc(CCCCC)cc3)cc2)c(F)n1. The highest BCUT2D eigenvalue weighted by Gasteiger charge is 2.09. The lowest BCUT2D eigenvalue weighted by molar-refractivity contribution is 0.570. The first-order chi connectivity index (χ1) is 15.7. The molecule has 0 spiro atoms. The van der Waals surface area contributed by atoms with Crippen molar-refractivity contribution in [2.45, 2.75) is 84.5 Å². The van der Waals surface area contributed by atoms with Crippen molar-refractivity contribution in [3.63, 3.8) is 0 Å². The molecule has 1 heterocycles. The largest absolute Gasteiger partial charge is 0.224 e. The highest BCUT2D eigenvalue weighted by atomic mass is 19.1. The van der Waals surface area contributed by atoms with Crippen LogP contribution >= 0.6 is 0 Å². The smallest absolute Gasteiger partial charge is 0.220 e. The van der Waals surface area contributed by atoms with Crippen LogP contribution in [0.4, 0.5) is 4.39 Å². The fourth-order valence-corrected chi connectivity index (χ4v) is 4.20. The van der Waals surface area contributed by atoms with Crippen molar-refractivity contribution >= 4 is 0 Å². The second-order valence-electron chi connectivity index (χ2n) is 8.89. The van der Waals surface area contributed by atoms with Gasteiger partial charge in [0.15, 0.2) is 0 Å². The first-order valence-corrected chi connectivity index (χ1v) is 12.6. The third-order valence-electron chi connectivity index (χ3n) is 6.25. The highest BCUT2D eigenvalue weighted by Crippen LogP contribution is 2.27. The van der Waals surface area contributed by atoms with Crippen LogP contribution in [0.5, 0.6) is 0 Å². The molecule has 0 aliphatic heterocycles. The van der Waals surface area contributed by atoms with Crippen LogP contribution in [0, 0.1) is 5.95 Å². The molecular weight excluding hydrogens is 393 g/mol. The zero-order valence-electron chi connectivity index (χ0n) is 19.9. The average molecular weight is 432 g/mol. The normalized spacial score (nSPS) is 11.1. The minimum absolute atomic E-state index is 0.363. The average Bonchev–Trinajstić information content (AvgIpc) is 2.82. The number of benzene rings is 2. The van der Waals surface area contributed by atoms with Gasteiger partial charge in [-0.15, -0.1) is 0 Å². The van der Waals surface area contributed by atoms with Crippen molar-refractivity contribution in [3.8, 4) is 22.3 Å². The van der Waals surface area contributed by atoms with Gasteiger partial charge >= 0.3 is 0 Å². The molecule has 0 N–H and O–H groups in total. The fraction of sp³-hybridized carbons (Fsp3) is 0.433. The van der Waals surface area contributed by atoms with Gasteiger partial charge in [-0.3, -0.25) is 0 Å². The molecule has 0 bridgehead atoms. The van der Waals surface area contributed by atoms with Crippen LogP contribution in [-0.4, -0.2) is 4.98 Å². The lowest BCUT2D eigenvalue weighted by atomic mass is 9.99. The van der Waals surface area contributed by atoms with Crippen LogP contribution in [0.1, 0.15) is 82.9 Å². The number of halogens is 1. The first-order valence-electron chi connectivity index (χ1n) is 12.6. The van der Waals surface area contributed by atoms with Gasteiger partial charge in [0.1, 0.15) is 0 Å². The number of nitrogens with zero attached hydrogens (tertiary/aromatic N) is 1. The fourth-order valence-electron chi connectivity index (χ4n) is 4.20. The predicted molar refractivity (Wildman–Crippen MR) is 135 cm³/mol. The maximum absolute atomic E-state index is 14.7. The van der Waals surface area contributed by atoms with Crippen molar-refractivity contribution < 1.29 is 4.39 Å². The van der Waals surface area contributed by atoms with Gasteiger partial charge in [0.2, 0.25) is 5.95 Å². The van der Waals surface area contributed by atoms with E-state index in [1.54, 1.807) is 0 Å². The summed E-state index contributed by atoms with van der Waals surface area (Å²) in [5.41, 5.74) is 6.06. The van der Waals surface area contributed by atoms with E-state index in [-0.39, 0.29) is 5.95 Å². The second-order valence-corrected chi connectivity index (χ2v) is 8.89. The number of aryl methyl sites for hydroxylation is 2. The molecule has 0 saturated heterocycles. The molecular formula is C30H38FN. The Balaban J connectivity index is 1.58. The quantitative estimate of drug-likeness (QED) is 0.194. The standard InChI is InChI=1S/C30H38FN/c1-3-5-7-8-9-11-13-28-22-23-29(30(31)32-28)27-20-18-26(19-21-27)25-16-14-24(15-17-25)12-10-6-4-2/h14-23H,3-13H2,1-2H3. The van der Waals surface area contributed by atoms with Gasteiger partial charge in [-0.05, 0) is 60.1 Å². The molecule has 2 aromatic carbocycles. The lowest BCUT2D eigenvalue weighted by Crippen LogP contribution is -1.96. The summed E-state index contributed by atoms with van der Waals surface area (Å²) >= 11 is 0. The summed E-state index contributed by atoms with van der Waals surface area (Å²) in [7, 11) is 0. The van der Waals surface area contributed by atoms with Crippen LogP contribution in [0.2, 0.25) is 0 Å². The van der Waals surface area contributed by atoms with E-state index < -0.39 is 0 Å². The molecule has 0 radical (unpaired) electrons. The summed E-state index contributed by atoms with van der Waals surface area (Å²) in [4.78, 5) is 4.24. The Morgan fingerprint density at radius 3 is 1.75 bits per heavy atom. The maximum atomic E-state index is 14.7. The van der Waals surface area contributed by atoms with Crippen molar-refractivity contribution in [2.24, 2.45) is 0 Å². The molecule has 32 heavy (non-hydrogen) atoms. The minimum atomic E-state index is -0.363. The molecule has 0 amide bonds. The van der Waals surface area contributed by atoms with E-state index in [2.05, 4.69) is 55.2 Å². The molecule has 3 aromatic rings. The molecule has 2 heteroatoms. The van der Waals surface area contributed by atoms with E-state index in [9.17, 15) is 4.39 Å². The Kier molecular flexibility index (Phi) is 9.94. The number of hydrogen-bond donors (Lipinski definition) is 0. The Bertz CT molecular complexity index is 928. The van der Waals surface area contributed by atoms with Crippen LogP contribution < -0.4 is 0 Å². The molecule has 0 atom stereocenters. The van der Waals surface area contributed by atoms with E-state index in [1.165, 1.54) is 62.5 Å². The summed E-state index contributed by atoms with van der Waals surface area (Å²) in [6, 6.07) is 20.8. The summed E-state index contributed by atoms with van der Waals surface area (Å²) in [5.74, 6) is -0.363. The summed E-state index contributed by atoms with van der Waals surface area (Å²) in [6.07, 6.45) is 13.2. The minimum Gasteiger partial charge on any atom is -0.224 e. The molecule has 170 valence electrons. The molecule has 0 saturated carbocycles. The van der Waals surface area contributed by atoms with E-state index in [0.717, 1.165) is 36.1 Å². The summed E-state index contributed by atoms with van der Waals surface area (Å²) in [6.45, 7) is 4.47. The van der Waals surface area contributed by atoms with Crippen LogP contribution in [0.3, 0.4) is 0 Å². The number of hydrogen-bond acceptors (Lipinski definition) is 1. The van der Waals surface area contributed by atoms with Crippen LogP contribution in [0.25, 0.3) is 22.3 Å². The van der Waals surface area contributed by atoms with E-state index in [0.29, 0.717) is 5.56 Å². The van der Waals surface area contributed by atoms with Crippen molar-refractivity contribution in [2.75, 3.05) is 0 Å². The zero-order chi connectivity index (χ0) is 22.6. The molecule has 0 fully saturated rings. The predicted octanol–water partition coefficient (Wildman–Crippen LogP) is 9.19. The van der Waals surface area contributed by atoms with Gasteiger partial charge in [0.25, 0.3) is 0 Å². The number of aromatic nitrogens is 1. The topological polar surface area (TPSA) is 12.9 Å². The number of pyridine rings is 1. The van der Waals surface area contributed by atoms with Crippen molar-refractivity contribution in [1.82, 2.24) is 4.98 Å². The molecule has 0 unspecified atom stereocenters. The molecule has 1 nitrogen and oxygen atoms in total. The van der Waals surface area contributed by atoms with Gasteiger partial charge in [0.05, 0.1) is 0 Å². The van der Waals surface area contributed by atoms with Crippen molar-refractivity contribution in [1.29, 1.82) is 0 Å². The molecule has 0 aliphatic rings. The Morgan fingerprint density at radius 2 is 1.09 bits per heavy atom. The van der Waals surface area contributed by atoms with Gasteiger partial charge in [-0.2, -0.15) is 4.39 Å². The summed E-state index contributed by atoms with van der Waals surface area (Å²) < 4.78 is 14.7. The third-order valence-corrected chi connectivity index (χ3v) is 6.25. The summed E-state index contributed by atoms with van der Waals surface area (Å²) in [5, 5.41) is 0. The Hall–Kier alpha value is -2.48. The number of rotatable bonds is 13. The van der Waals surface area contributed by atoms with Gasteiger partial charge in [-0.1, -0.05) is 107 Å².